The number of likely N-dealkylation sites (tertiary alicyclic amines) is 1. The fourth-order valence-corrected chi connectivity index (χ4v) is 3.86. The maximum absolute atomic E-state index is 12.4. The van der Waals surface area contributed by atoms with E-state index >= 15 is 0 Å². The summed E-state index contributed by atoms with van der Waals surface area (Å²) in [6, 6.07) is 0. The van der Waals surface area contributed by atoms with Crippen molar-refractivity contribution in [3.8, 4) is 0 Å². The van der Waals surface area contributed by atoms with Crippen LogP contribution in [0.3, 0.4) is 0 Å². The topological polar surface area (TPSA) is 84.3 Å². The third kappa shape index (κ3) is 4.08. The number of nitrogens with zero attached hydrogens (tertiary/aromatic N) is 3. The summed E-state index contributed by atoms with van der Waals surface area (Å²) in [6.45, 7) is 3.60. The van der Waals surface area contributed by atoms with Gasteiger partial charge in [-0.2, -0.15) is 0 Å². The Morgan fingerprint density at radius 1 is 1.28 bits per heavy atom. The molecule has 1 N–H and O–H groups in total. The number of imidazole rings is 1. The molecule has 2 fully saturated rings. The summed E-state index contributed by atoms with van der Waals surface area (Å²) >= 11 is 0. The van der Waals surface area contributed by atoms with Gasteiger partial charge < -0.3 is 9.88 Å². The van der Waals surface area contributed by atoms with E-state index in [1.54, 1.807) is 12.5 Å². The number of carbonyl (C=O) groups excluding carboxylic acids is 3. The first kappa shape index (κ1) is 17.6. The summed E-state index contributed by atoms with van der Waals surface area (Å²) in [6.07, 6.45) is 9.20. The Balaban J connectivity index is 1.41. The van der Waals surface area contributed by atoms with Gasteiger partial charge in [0, 0.05) is 38.4 Å². The molecule has 1 aliphatic carbocycles. The Bertz CT molecular complexity index is 604. The van der Waals surface area contributed by atoms with Crippen molar-refractivity contribution in [3.63, 3.8) is 0 Å². The second-order valence-corrected chi connectivity index (χ2v) is 7.24. The standard InChI is InChI=1S/C18H26N4O3/c1-13(11-21-9-7-19-12-21)10-20-16(23)6-8-22-17(24)14-4-2-3-5-15(14)18(22)25/h7,9,12-15H,2-6,8,10-11H2,1H3,(H,20,23)/t13-,14-,15+/m1/s1. The monoisotopic (exact) mass is 346 g/mol. The quantitative estimate of drug-likeness (QED) is 0.752. The maximum atomic E-state index is 12.4. The van der Waals surface area contributed by atoms with Gasteiger partial charge in [-0.15, -0.1) is 0 Å². The van der Waals surface area contributed by atoms with E-state index in [2.05, 4.69) is 17.2 Å². The van der Waals surface area contributed by atoms with Gasteiger partial charge in [0.25, 0.3) is 0 Å². The van der Waals surface area contributed by atoms with Crippen LogP contribution in [-0.2, 0) is 20.9 Å². The molecule has 0 unspecified atom stereocenters. The molecule has 7 nitrogen and oxygen atoms in total. The van der Waals surface area contributed by atoms with Crippen molar-refractivity contribution in [2.24, 2.45) is 17.8 Å². The number of fused-ring (bicyclic) bond motifs is 1. The number of nitrogens with one attached hydrogen (secondary N) is 1. The van der Waals surface area contributed by atoms with E-state index in [0.29, 0.717) is 6.54 Å². The van der Waals surface area contributed by atoms with Crippen LogP contribution in [0, 0.1) is 17.8 Å². The van der Waals surface area contributed by atoms with Gasteiger partial charge in [-0.1, -0.05) is 19.8 Å². The van der Waals surface area contributed by atoms with E-state index in [4.69, 9.17) is 0 Å². The molecule has 25 heavy (non-hydrogen) atoms. The zero-order valence-corrected chi connectivity index (χ0v) is 14.7. The fraction of sp³-hybridized carbons (Fsp3) is 0.667. The van der Waals surface area contributed by atoms with Crippen LogP contribution in [-0.4, -0.2) is 45.3 Å². The minimum atomic E-state index is -0.139. The molecule has 1 saturated heterocycles. The number of carbonyl (C=O) groups is 3. The summed E-state index contributed by atoms with van der Waals surface area (Å²) in [5.74, 6) is -0.269. The van der Waals surface area contributed by atoms with E-state index in [-0.39, 0.29) is 48.4 Å². The van der Waals surface area contributed by atoms with Crippen molar-refractivity contribution >= 4 is 17.7 Å². The Labute approximate surface area is 147 Å². The molecular weight excluding hydrogens is 320 g/mol. The average molecular weight is 346 g/mol. The summed E-state index contributed by atoms with van der Waals surface area (Å²) in [5.41, 5.74) is 0. The number of imide groups is 1. The van der Waals surface area contributed by atoms with E-state index in [1.807, 2.05) is 10.8 Å². The normalized spacial score (nSPS) is 24.3. The van der Waals surface area contributed by atoms with Crippen LogP contribution in [0.25, 0.3) is 0 Å². The Morgan fingerprint density at radius 3 is 2.56 bits per heavy atom. The van der Waals surface area contributed by atoms with Gasteiger partial charge >= 0.3 is 0 Å². The largest absolute Gasteiger partial charge is 0.356 e. The highest BCUT2D eigenvalue weighted by molar-refractivity contribution is 6.05. The highest BCUT2D eigenvalue weighted by Crippen LogP contribution is 2.37. The minimum absolute atomic E-state index is 0.0732. The molecule has 0 radical (unpaired) electrons. The van der Waals surface area contributed by atoms with Crippen molar-refractivity contribution in [2.75, 3.05) is 13.1 Å². The second kappa shape index (κ2) is 7.80. The lowest BCUT2D eigenvalue weighted by Gasteiger charge is -2.19. The number of hydrogen-bond donors (Lipinski definition) is 1. The molecule has 1 aliphatic heterocycles. The van der Waals surface area contributed by atoms with Crippen LogP contribution in [0.4, 0.5) is 0 Å². The van der Waals surface area contributed by atoms with Crippen LogP contribution in [0.1, 0.15) is 39.0 Å². The molecule has 136 valence electrons. The highest BCUT2D eigenvalue weighted by Gasteiger charge is 2.47. The lowest BCUT2D eigenvalue weighted by molar-refractivity contribution is -0.140. The fourth-order valence-electron chi connectivity index (χ4n) is 3.86. The summed E-state index contributed by atoms with van der Waals surface area (Å²) in [7, 11) is 0. The molecule has 3 atom stereocenters. The smallest absolute Gasteiger partial charge is 0.233 e. The predicted octanol–water partition coefficient (Wildman–Crippen LogP) is 1.20. The first-order valence-corrected chi connectivity index (χ1v) is 9.14. The maximum Gasteiger partial charge on any atom is 0.233 e. The molecule has 1 saturated carbocycles. The minimum Gasteiger partial charge on any atom is -0.356 e. The van der Waals surface area contributed by atoms with Crippen molar-refractivity contribution in [1.29, 1.82) is 0 Å². The van der Waals surface area contributed by atoms with Crippen LogP contribution in [0.5, 0.6) is 0 Å². The number of amides is 3. The SMILES string of the molecule is C[C@H](CNC(=O)CCN1C(=O)[C@H]2CCCC[C@H]2C1=O)Cn1ccnc1. The Morgan fingerprint density at radius 2 is 1.96 bits per heavy atom. The molecule has 2 aliphatic rings. The summed E-state index contributed by atoms with van der Waals surface area (Å²) in [5, 5.41) is 2.89. The third-order valence-corrected chi connectivity index (χ3v) is 5.22. The second-order valence-electron chi connectivity index (χ2n) is 7.24. The third-order valence-electron chi connectivity index (χ3n) is 5.22. The van der Waals surface area contributed by atoms with E-state index in [1.165, 1.54) is 4.90 Å². The Kier molecular flexibility index (Phi) is 5.50. The molecule has 2 heterocycles. The van der Waals surface area contributed by atoms with Crippen LogP contribution in [0.2, 0.25) is 0 Å². The molecule has 0 spiro atoms. The van der Waals surface area contributed by atoms with Gasteiger partial charge in [0.15, 0.2) is 0 Å². The first-order valence-electron chi connectivity index (χ1n) is 9.14. The van der Waals surface area contributed by atoms with E-state index in [9.17, 15) is 14.4 Å². The molecule has 3 amide bonds. The van der Waals surface area contributed by atoms with Crippen molar-refractivity contribution in [3.05, 3.63) is 18.7 Å². The lowest BCUT2D eigenvalue weighted by Crippen LogP contribution is -2.36. The van der Waals surface area contributed by atoms with E-state index in [0.717, 1.165) is 32.2 Å². The van der Waals surface area contributed by atoms with E-state index < -0.39 is 0 Å². The lowest BCUT2D eigenvalue weighted by atomic mass is 9.81. The van der Waals surface area contributed by atoms with Gasteiger partial charge in [0.2, 0.25) is 17.7 Å². The zero-order valence-electron chi connectivity index (χ0n) is 14.7. The molecule has 0 bridgehead atoms. The number of rotatable bonds is 7. The summed E-state index contributed by atoms with van der Waals surface area (Å²) in [4.78, 5) is 42.1. The van der Waals surface area contributed by atoms with Crippen LogP contribution < -0.4 is 5.32 Å². The molecule has 1 aromatic heterocycles. The van der Waals surface area contributed by atoms with Gasteiger partial charge in [-0.3, -0.25) is 19.3 Å². The van der Waals surface area contributed by atoms with Crippen LogP contribution in [0.15, 0.2) is 18.7 Å². The zero-order chi connectivity index (χ0) is 17.8. The van der Waals surface area contributed by atoms with Gasteiger partial charge in [0.1, 0.15) is 0 Å². The summed E-state index contributed by atoms with van der Waals surface area (Å²) < 4.78 is 1.97. The number of hydrogen-bond acceptors (Lipinski definition) is 4. The molecule has 0 aromatic carbocycles. The Hall–Kier alpha value is -2.18. The van der Waals surface area contributed by atoms with Gasteiger partial charge in [-0.25, -0.2) is 4.98 Å². The predicted molar refractivity (Wildman–Crippen MR) is 91.2 cm³/mol. The average Bonchev–Trinajstić information content (AvgIpc) is 3.20. The molecule has 3 rings (SSSR count). The van der Waals surface area contributed by atoms with Gasteiger partial charge in [-0.05, 0) is 18.8 Å². The number of aromatic nitrogens is 2. The molecular formula is C18H26N4O3. The molecule has 1 aromatic rings. The van der Waals surface area contributed by atoms with Crippen molar-refractivity contribution < 1.29 is 14.4 Å². The van der Waals surface area contributed by atoms with Crippen LogP contribution >= 0.6 is 0 Å². The van der Waals surface area contributed by atoms with Crippen molar-refractivity contribution in [1.82, 2.24) is 19.8 Å². The highest BCUT2D eigenvalue weighted by atomic mass is 16.2. The van der Waals surface area contributed by atoms with Gasteiger partial charge in [0.05, 0.1) is 18.2 Å². The van der Waals surface area contributed by atoms with Crippen molar-refractivity contribution in [2.45, 2.75) is 45.6 Å². The molecule has 7 heteroatoms. The first-order chi connectivity index (χ1) is 12.1.